The summed E-state index contributed by atoms with van der Waals surface area (Å²) in [6.45, 7) is 4.64. The molecule has 3 aromatic rings. The molecule has 4 heterocycles. The van der Waals surface area contributed by atoms with Crippen molar-refractivity contribution in [2.45, 2.75) is 45.6 Å². The van der Waals surface area contributed by atoms with Crippen LogP contribution in [0.4, 0.5) is 5.82 Å². The highest BCUT2D eigenvalue weighted by atomic mass is 16.1. The Morgan fingerprint density at radius 1 is 1.19 bits per heavy atom. The van der Waals surface area contributed by atoms with E-state index in [0.717, 1.165) is 85.5 Å². The summed E-state index contributed by atoms with van der Waals surface area (Å²) in [7, 11) is 0. The molecule has 0 radical (unpaired) electrons. The quantitative estimate of drug-likeness (QED) is 0.771. The predicted octanol–water partition coefficient (Wildman–Crippen LogP) is 2.23. The van der Waals surface area contributed by atoms with Gasteiger partial charge in [0, 0.05) is 31.4 Å². The van der Waals surface area contributed by atoms with E-state index in [1.807, 2.05) is 6.92 Å². The highest BCUT2D eigenvalue weighted by Gasteiger charge is 2.24. The average molecular weight is 364 g/mol. The average Bonchev–Trinajstić information content (AvgIpc) is 3.27. The normalized spacial score (nSPS) is 17.6. The lowest BCUT2D eigenvalue weighted by Gasteiger charge is -2.33. The van der Waals surface area contributed by atoms with Crippen LogP contribution in [-0.4, -0.2) is 37.8 Å². The van der Waals surface area contributed by atoms with E-state index in [1.54, 1.807) is 17.1 Å². The fourth-order valence-electron chi connectivity index (χ4n) is 4.44. The fourth-order valence-corrected chi connectivity index (χ4v) is 4.44. The minimum atomic E-state index is 0.0532. The van der Waals surface area contributed by atoms with Crippen LogP contribution in [-0.2, 0) is 19.4 Å². The first-order valence-corrected chi connectivity index (χ1v) is 9.82. The van der Waals surface area contributed by atoms with Crippen LogP contribution in [0.1, 0.15) is 36.2 Å². The zero-order valence-electron chi connectivity index (χ0n) is 15.6. The maximum absolute atomic E-state index is 12.4. The van der Waals surface area contributed by atoms with Gasteiger partial charge in [-0.2, -0.15) is 5.10 Å². The van der Waals surface area contributed by atoms with Crippen LogP contribution < -0.4 is 10.5 Å². The number of anilines is 1. The molecule has 0 atom stereocenters. The maximum atomic E-state index is 12.4. The van der Waals surface area contributed by atoms with Crippen LogP contribution in [0.5, 0.6) is 0 Å². The second-order valence-electron chi connectivity index (χ2n) is 7.83. The lowest BCUT2D eigenvalue weighted by atomic mass is 9.97. The lowest BCUT2D eigenvalue weighted by Crippen LogP contribution is -2.37. The molecule has 3 aromatic heterocycles. The molecule has 0 bridgehead atoms. The van der Waals surface area contributed by atoms with E-state index in [0.29, 0.717) is 5.92 Å². The third kappa shape index (κ3) is 3.01. The number of H-pyrrole nitrogens is 1. The Bertz CT molecular complexity index is 1040. The summed E-state index contributed by atoms with van der Waals surface area (Å²) in [5.74, 6) is 1.47. The van der Waals surface area contributed by atoms with Gasteiger partial charge in [0.25, 0.3) is 5.56 Å². The van der Waals surface area contributed by atoms with Gasteiger partial charge in [-0.25, -0.2) is 14.6 Å². The van der Waals surface area contributed by atoms with E-state index < -0.39 is 0 Å². The summed E-state index contributed by atoms with van der Waals surface area (Å²) < 4.78 is 1.70. The van der Waals surface area contributed by atoms with Gasteiger partial charge < -0.3 is 9.88 Å². The van der Waals surface area contributed by atoms with Crippen LogP contribution in [0.25, 0.3) is 11.0 Å². The summed E-state index contributed by atoms with van der Waals surface area (Å²) in [6, 6.07) is 3.86. The first kappa shape index (κ1) is 16.5. The molecule has 0 spiro atoms. The SMILES string of the molecule is Cc1cc2ncnc(N3CCC(Cn4nc5c(cc4=O)CCC5)CC3)c2[nH]1. The molecule has 1 N–H and O–H groups in total. The minimum absolute atomic E-state index is 0.0532. The first-order valence-electron chi connectivity index (χ1n) is 9.82. The molecule has 1 saturated heterocycles. The Labute approximate surface area is 157 Å². The molecule has 0 aromatic carbocycles. The molecule has 1 aliphatic heterocycles. The Balaban J connectivity index is 1.30. The van der Waals surface area contributed by atoms with Gasteiger partial charge in [0.05, 0.1) is 11.2 Å². The molecule has 1 fully saturated rings. The van der Waals surface area contributed by atoms with Crippen LogP contribution in [0.2, 0.25) is 0 Å². The summed E-state index contributed by atoms with van der Waals surface area (Å²) >= 11 is 0. The Kier molecular flexibility index (Phi) is 3.95. The number of aromatic nitrogens is 5. The molecule has 0 unspecified atom stereocenters. The number of piperidine rings is 1. The smallest absolute Gasteiger partial charge is 0.267 e. The monoisotopic (exact) mass is 364 g/mol. The van der Waals surface area contributed by atoms with E-state index in [9.17, 15) is 4.79 Å². The molecule has 5 rings (SSSR count). The highest BCUT2D eigenvalue weighted by molar-refractivity contribution is 5.86. The maximum Gasteiger partial charge on any atom is 0.267 e. The fraction of sp³-hybridized carbons (Fsp3) is 0.500. The number of aromatic amines is 1. The zero-order valence-corrected chi connectivity index (χ0v) is 15.6. The molecular weight excluding hydrogens is 340 g/mol. The second kappa shape index (κ2) is 6.48. The largest absolute Gasteiger partial charge is 0.355 e. The molecule has 0 amide bonds. The van der Waals surface area contributed by atoms with Gasteiger partial charge in [0.1, 0.15) is 11.8 Å². The number of hydrogen-bond acceptors (Lipinski definition) is 5. The highest BCUT2D eigenvalue weighted by Crippen LogP contribution is 2.28. The number of nitrogens with zero attached hydrogens (tertiary/aromatic N) is 5. The van der Waals surface area contributed by atoms with Gasteiger partial charge in [0.15, 0.2) is 5.82 Å². The number of aryl methyl sites for hydroxylation is 3. The summed E-state index contributed by atoms with van der Waals surface area (Å²) in [5, 5.41) is 4.63. The van der Waals surface area contributed by atoms with E-state index in [4.69, 9.17) is 0 Å². The molecule has 1 aliphatic carbocycles. The van der Waals surface area contributed by atoms with Crippen molar-refractivity contribution in [1.29, 1.82) is 0 Å². The number of rotatable bonds is 3. The molecule has 27 heavy (non-hydrogen) atoms. The van der Waals surface area contributed by atoms with Gasteiger partial charge in [-0.3, -0.25) is 4.79 Å². The van der Waals surface area contributed by atoms with E-state index in [2.05, 4.69) is 31.0 Å². The zero-order chi connectivity index (χ0) is 18.4. The predicted molar refractivity (Wildman–Crippen MR) is 104 cm³/mol. The Morgan fingerprint density at radius 3 is 2.89 bits per heavy atom. The Morgan fingerprint density at radius 2 is 2.04 bits per heavy atom. The Hall–Kier alpha value is -2.70. The summed E-state index contributed by atoms with van der Waals surface area (Å²) in [5.41, 5.74) is 5.41. The molecule has 2 aliphatic rings. The molecule has 140 valence electrons. The van der Waals surface area contributed by atoms with Crippen molar-refractivity contribution in [3.63, 3.8) is 0 Å². The molecule has 7 heteroatoms. The van der Waals surface area contributed by atoms with Crippen molar-refractivity contribution in [1.82, 2.24) is 24.7 Å². The van der Waals surface area contributed by atoms with Gasteiger partial charge in [-0.05, 0) is 56.6 Å². The standard InChI is InChI=1S/C20H24N6O/c1-13-9-17-19(23-13)20(22-12-21-17)25-7-5-14(6-8-25)11-26-18(27)10-15-3-2-4-16(15)24-26/h9-10,12,14,23H,2-8,11H2,1H3. The van der Waals surface area contributed by atoms with E-state index in [1.165, 1.54) is 0 Å². The van der Waals surface area contributed by atoms with Crippen molar-refractivity contribution in [2.24, 2.45) is 5.92 Å². The van der Waals surface area contributed by atoms with Crippen molar-refractivity contribution in [3.8, 4) is 0 Å². The van der Waals surface area contributed by atoms with Gasteiger partial charge in [0.2, 0.25) is 0 Å². The first-order chi connectivity index (χ1) is 13.2. The van der Waals surface area contributed by atoms with Gasteiger partial charge in [-0.1, -0.05) is 0 Å². The van der Waals surface area contributed by atoms with Gasteiger partial charge >= 0.3 is 0 Å². The topological polar surface area (TPSA) is 79.7 Å². The molecule has 0 saturated carbocycles. The van der Waals surface area contributed by atoms with Gasteiger partial charge in [-0.15, -0.1) is 0 Å². The van der Waals surface area contributed by atoms with Crippen LogP contribution >= 0.6 is 0 Å². The number of fused-ring (bicyclic) bond motifs is 2. The summed E-state index contributed by atoms with van der Waals surface area (Å²) in [6.07, 6.45) is 6.85. The third-order valence-electron chi connectivity index (χ3n) is 5.90. The van der Waals surface area contributed by atoms with Crippen LogP contribution in [0.3, 0.4) is 0 Å². The van der Waals surface area contributed by atoms with Crippen molar-refractivity contribution in [2.75, 3.05) is 18.0 Å². The lowest BCUT2D eigenvalue weighted by molar-refractivity contribution is 0.333. The number of nitrogens with one attached hydrogen (secondary N) is 1. The molecule has 7 nitrogen and oxygen atoms in total. The van der Waals surface area contributed by atoms with Crippen LogP contribution in [0.15, 0.2) is 23.3 Å². The van der Waals surface area contributed by atoms with E-state index >= 15 is 0 Å². The molecular formula is C20H24N6O. The number of hydrogen-bond donors (Lipinski definition) is 1. The van der Waals surface area contributed by atoms with Crippen molar-refractivity contribution in [3.05, 3.63) is 45.8 Å². The third-order valence-corrected chi connectivity index (χ3v) is 5.90. The van der Waals surface area contributed by atoms with Crippen molar-refractivity contribution < 1.29 is 0 Å². The van der Waals surface area contributed by atoms with Crippen LogP contribution in [0, 0.1) is 12.8 Å². The minimum Gasteiger partial charge on any atom is -0.355 e. The summed E-state index contributed by atoms with van der Waals surface area (Å²) in [4.78, 5) is 26.9. The van der Waals surface area contributed by atoms with Crippen molar-refractivity contribution >= 4 is 16.9 Å². The second-order valence-corrected chi connectivity index (χ2v) is 7.83. The van der Waals surface area contributed by atoms with E-state index in [-0.39, 0.29) is 5.56 Å².